The van der Waals surface area contributed by atoms with Crippen LogP contribution in [0.25, 0.3) is 0 Å². The summed E-state index contributed by atoms with van der Waals surface area (Å²) in [5.74, 6) is 0.720. The van der Waals surface area contributed by atoms with Crippen molar-refractivity contribution in [3.63, 3.8) is 0 Å². The number of methoxy groups -OCH3 is 1. The Kier molecular flexibility index (Phi) is 8.04. The van der Waals surface area contributed by atoms with Gasteiger partial charge < -0.3 is 10.1 Å². The van der Waals surface area contributed by atoms with Crippen LogP contribution in [-0.4, -0.2) is 25.3 Å². The van der Waals surface area contributed by atoms with Crippen molar-refractivity contribution in [2.45, 2.75) is 71.9 Å². The molecule has 0 aromatic rings. The first-order valence-corrected chi connectivity index (χ1v) is 6.71. The second-order valence-corrected chi connectivity index (χ2v) is 5.66. The van der Waals surface area contributed by atoms with E-state index in [4.69, 9.17) is 4.74 Å². The summed E-state index contributed by atoms with van der Waals surface area (Å²) in [6.45, 7) is 12.3. The van der Waals surface area contributed by atoms with Crippen LogP contribution < -0.4 is 5.32 Å². The lowest BCUT2D eigenvalue weighted by molar-refractivity contribution is 0.0127. The fraction of sp³-hybridized carbons (Fsp3) is 1.00. The minimum absolute atomic E-state index is 0.0340. The van der Waals surface area contributed by atoms with Crippen molar-refractivity contribution in [2.75, 3.05) is 13.7 Å². The van der Waals surface area contributed by atoms with Crippen LogP contribution in [0, 0.1) is 5.92 Å². The molecule has 2 nitrogen and oxygen atoms in total. The molecule has 16 heavy (non-hydrogen) atoms. The fourth-order valence-electron chi connectivity index (χ4n) is 1.85. The summed E-state index contributed by atoms with van der Waals surface area (Å²) in [6.07, 6.45) is 4.85. The minimum atomic E-state index is 0.0340. The monoisotopic (exact) mass is 229 g/mol. The third-order valence-corrected chi connectivity index (χ3v) is 3.31. The second kappa shape index (κ2) is 8.08. The molecular formula is C14H31NO. The Balaban J connectivity index is 3.84. The third kappa shape index (κ3) is 7.24. The van der Waals surface area contributed by atoms with Crippen LogP contribution >= 0.6 is 0 Å². The molecule has 0 saturated heterocycles. The van der Waals surface area contributed by atoms with Crippen molar-refractivity contribution in [3.05, 3.63) is 0 Å². The highest BCUT2D eigenvalue weighted by Crippen LogP contribution is 2.19. The molecule has 0 aliphatic carbocycles. The number of hydrogen-bond donors (Lipinski definition) is 1. The van der Waals surface area contributed by atoms with E-state index in [1.165, 1.54) is 19.3 Å². The van der Waals surface area contributed by atoms with Crippen LogP contribution in [0.2, 0.25) is 0 Å². The topological polar surface area (TPSA) is 21.3 Å². The molecule has 2 heteroatoms. The summed E-state index contributed by atoms with van der Waals surface area (Å²) < 4.78 is 5.44. The molecule has 0 amide bonds. The van der Waals surface area contributed by atoms with Gasteiger partial charge in [-0.05, 0) is 52.0 Å². The molecule has 0 heterocycles. The lowest BCUT2D eigenvalue weighted by Crippen LogP contribution is -2.35. The van der Waals surface area contributed by atoms with Crippen LogP contribution in [0.4, 0.5) is 0 Å². The SMILES string of the molecule is CCCNC(CCCC(C)(C)OC)C(C)C. The molecule has 0 rings (SSSR count). The number of nitrogens with one attached hydrogen (secondary N) is 1. The van der Waals surface area contributed by atoms with E-state index in [0.717, 1.165) is 18.9 Å². The molecule has 0 bridgehead atoms. The van der Waals surface area contributed by atoms with Gasteiger partial charge in [0.2, 0.25) is 0 Å². The van der Waals surface area contributed by atoms with E-state index < -0.39 is 0 Å². The number of rotatable bonds is 9. The zero-order chi connectivity index (χ0) is 12.6. The highest BCUT2D eigenvalue weighted by atomic mass is 16.5. The Morgan fingerprint density at radius 1 is 1.25 bits per heavy atom. The van der Waals surface area contributed by atoms with Crippen LogP contribution in [0.3, 0.4) is 0 Å². The molecule has 0 spiro atoms. The molecule has 1 N–H and O–H groups in total. The molecule has 1 atom stereocenters. The molecule has 0 radical (unpaired) electrons. The van der Waals surface area contributed by atoms with Crippen LogP contribution in [0.15, 0.2) is 0 Å². The van der Waals surface area contributed by atoms with Crippen molar-refractivity contribution >= 4 is 0 Å². The summed E-state index contributed by atoms with van der Waals surface area (Å²) in [4.78, 5) is 0. The average molecular weight is 229 g/mol. The second-order valence-electron chi connectivity index (χ2n) is 5.66. The van der Waals surface area contributed by atoms with Crippen molar-refractivity contribution in [2.24, 2.45) is 5.92 Å². The van der Waals surface area contributed by atoms with E-state index >= 15 is 0 Å². The Hall–Kier alpha value is -0.0800. The first-order valence-electron chi connectivity index (χ1n) is 6.71. The number of hydrogen-bond acceptors (Lipinski definition) is 2. The maximum Gasteiger partial charge on any atom is 0.0622 e. The van der Waals surface area contributed by atoms with Crippen molar-refractivity contribution in [1.82, 2.24) is 5.32 Å². The summed E-state index contributed by atoms with van der Waals surface area (Å²) in [7, 11) is 1.80. The van der Waals surface area contributed by atoms with Crippen LogP contribution in [0.5, 0.6) is 0 Å². The zero-order valence-electron chi connectivity index (χ0n) is 12.1. The number of ether oxygens (including phenoxy) is 1. The largest absolute Gasteiger partial charge is 0.379 e. The normalized spacial score (nSPS) is 14.4. The van der Waals surface area contributed by atoms with Crippen LogP contribution in [0.1, 0.15) is 60.3 Å². The smallest absolute Gasteiger partial charge is 0.0622 e. The fourth-order valence-corrected chi connectivity index (χ4v) is 1.85. The van der Waals surface area contributed by atoms with Gasteiger partial charge in [0, 0.05) is 13.2 Å². The Bertz CT molecular complexity index is 166. The van der Waals surface area contributed by atoms with E-state index in [1.807, 2.05) is 0 Å². The first-order chi connectivity index (χ1) is 7.43. The van der Waals surface area contributed by atoms with Gasteiger partial charge in [-0.1, -0.05) is 20.8 Å². The first kappa shape index (κ1) is 15.9. The van der Waals surface area contributed by atoms with E-state index in [0.29, 0.717) is 6.04 Å². The predicted molar refractivity (Wildman–Crippen MR) is 71.9 cm³/mol. The Morgan fingerprint density at radius 3 is 2.31 bits per heavy atom. The van der Waals surface area contributed by atoms with Gasteiger partial charge in [-0.15, -0.1) is 0 Å². The lowest BCUT2D eigenvalue weighted by atomic mass is 9.94. The molecule has 98 valence electrons. The maximum atomic E-state index is 5.44. The molecule has 1 unspecified atom stereocenters. The standard InChI is InChI=1S/C14H31NO/c1-7-11-15-13(12(2)3)9-8-10-14(4,5)16-6/h12-13,15H,7-11H2,1-6H3. The van der Waals surface area contributed by atoms with Gasteiger partial charge in [-0.2, -0.15) is 0 Å². The van der Waals surface area contributed by atoms with Gasteiger partial charge in [-0.25, -0.2) is 0 Å². The summed E-state index contributed by atoms with van der Waals surface area (Å²) in [5.41, 5.74) is 0.0340. The lowest BCUT2D eigenvalue weighted by Gasteiger charge is -2.26. The zero-order valence-corrected chi connectivity index (χ0v) is 12.1. The van der Waals surface area contributed by atoms with Gasteiger partial charge in [0.15, 0.2) is 0 Å². The third-order valence-electron chi connectivity index (χ3n) is 3.31. The minimum Gasteiger partial charge on any atom is -0.379 e. The molecule has 0 fully saturated rings. The highest BCUT2D eigenvalue weighted by Gasteiger charge is 2.18. The predicted octanol–water partition coefficient (Wildman–Crippen LogP) is 3.61. The summed E-state index contributed by atoms with van der Waals surface area (Å²) in [5, 5.41) is 3.63. The van der Waals surface area contributed by atoms with E-state index in [2.05, 4.69) is 39.9 Å². The van der Waals surface area contributed by atoms with Gasteiger partial charge in [-0.3, -0.25) is 0 Å². The Labute approximate surface area is 102 Å². The molecule has 0 aromatic carbocycles. The average Bonchev–Trinajstić information content (AvgIpc) is 2.22. The van der Waals surface area contributed by atoms with Gasteiger partial charge >= 0.3 is 0 Å². The van der Waals surface area contributed by atoms with E-state index in [-0.39, 0.29) is 5.60 Å². The van der Waals surface area contributed by atoms with Crippen molar-refractivity contribution in [3.8, 4) is 0 Å². The van der Waals surface area contributed by atoms with E-state index in [1.54, 1.807) is 7.11 Å². The molecule has 0 saturated carbocycles. The molecule has 0 aromatic heterocycles. The molecular weight excluding hydrogens is 198 g/mol. The molecule has 0 aliphatic rings. The van der Waals surface area contributed by atoms with E-state index in [9.17, 15) is 0 Å². The Morgan fingerprint density at radius 2 is 1.88 bits per heavy atom. The van der Waals surface area contributed by atoms with Gasteiger partial charge in [0.25, 0.3) is 0 Å². The highest BCUT2D eigenvalue weighted by molar-refractivity contribution is 4.74. The van der Waals surface area contributed by atoms with Crippen molar-refractivity contribution < 1.29 is 4.74 Å². The van der Waals surface area contributed by atoms with Crippen LogP contribution in [-0.2, 0) is 4.74 Å². The van der Waals surface area contributed by atoms with Gasteiger partial charge in [0.1, 0.15) is 0 Å². The van der Waals surface area contributed by atoms with Gasteiger partial charge in [0.05, 0.1) is 5.60 Å². The van der Waals surface area contributed by atoms with Crippen molar-refractivity contribution in [1.29, 1.82) is 0 Å². The quantitative estimate of drug-likeness (QED) is 0.652. The maximum absolute atomic E-state index is 5.44. The molecule has 0 aliphatic heterocycles. The summed E-state index contributed by atoms with van der Waals surface area (Å²) in [6, 6.07) is 0.660. The summed E-state index contributed by atoms with van der Waals surface area (Å²) >= 11 is 0.